The Labute approximate surface area is 72.3 Å². The zero-order valence-electron chi connectivity index (χ0n) is 7.53. The molecule has 3 N–H and O–H groups in total. The molecule has 0 aromatic carbocycles. The van der Waals surface area contributed by atoms with E-state index in [-0.39, 0.29) is 17.9 Å². The summed E-state index contributed by atoms with van der Waals surface area (Å²) >= 11 is 0. The number of amides is 1. The number of aliphatic hydroxyl groups is 1. The maximum Gasteiger partial charge on any atom is 0.239 e. The van der Waals surface area contributed by atoms with Crippen LogP contribution < -0.4 is 5.73 Å². The summed E-state index contributed by atoms with van der Waals surface area (Å²) in [6, 6.07) is -0.419. The Morgan fingerprint density at radius 1 is 1.58 bits per heavy atom. The zero-order valence-corrected chi connectivity index (χ0v) is 7.53. The van der Waals surface area contributed by atoms with Gasteiger partial charge in [-0.3, -0.25) is 4.79 Å². The molecule has 0 aliphatic carbocycles. The van der Waals surface area contributed by atoms with E-state index < -0.39 is 6.04 Å². The molecule has 1 saturated heterocycles. The van der Waals surface area contributed by atoms with E-state index in [1.165, 1.54) is 0 Å². The number of nitrogens with two attached hydrogens (primary N) is 1. The van der Waals surface area contributed by atoms with Crippen molar-refractivity contribution in [1.82, 2.24) is 4.90 Å². The molecule has 1 aliphatic rings. The Morgan fingerprint density at radius 3 is 2.42 bits per heavy atom. The van der Waals surface area contributed by atoms with Crippen LogP contribution in [0.25, 0.3) is 0 Å². The highest BCUT2D eigenvalue weighted by Crippen LogP contribution is 2.11. The van der Waals surface area contributed by atoms with E-state index in [0.29, 0.717) is 13.1 Å². The van der Waals surface area contributed by atoms with Gasteiger partial charge in [0.1, 0.15) is 0 Å². The molecule has 1 atom stereocenters. The number of aliphatic hydroxyl groups excluding tert-OH is 1. The van der Waals surface area contributed by atoms with Crippen LogP contribution in [-0.4, -0.2) is 41.1 Å². The number of hydrogen-bond acceptors (Lipinski definition) is 3. The summed E-state index contributed by atoms with van der Waals surface area (Å²) in [7, 11) is 0. The number of likely N-dealkylation sites (tertiary alicyclic amines) is 1. The van der Waals surface area contributed by atoms with Crippen LogP contribution in [0.4, 0.5) is 0 Å². The normalized spacial score (nSPS) is 20.9. The fraction of sp³-hybridized carbons (Fsp3) is 0.875. The second-order valence-corrected chi connectivity index (χ2v) is 3.67. The Balaban J connectivity index is 2.38. The number of hydrogen-bond donors (Lipinski definition) is 2. The van der Waals surface area contributed by atoms with Gasteiger partial charge in [-0.25, -0.2) is 0 Å². The molecule has 0 spiro atoms. The van der Waals surface area contributed by atoms with E-state index in [4.69, 9.17) is 10.8 Å². The van der Waals surface area contributed by atoms with Crippen LogP contribution in [0.5, 0.6) is 0 Å². The van der Waals surface area contributed by atoms with Crippen LogP contribution in [0.3, 0.4) is 0 Å². The molecule has 4 nitrogen and oxygen atoms in total. The van der Waals surface area contributed by atoms with Crippen molar-refractivity contribution in [1.29, 1.82) is 0 Å². The summed E-state index contributed by atoms with van der Waals surface area (Å²) in [6.45, 7) is 4.72. The molecule has 1 rings (SSSR count). The standard InChI is InChI=1S/C8H16N2O2/c1-5(2)7(9)8(12)10-3-6(11)4-10/h5-7,11H,3-4,9H2,1-2H3/t7-/m1/s1. The molecular formula is C8H16N2O2. The van der Waals surface area contributed by atoms with Gasteiger partial charge < -0.3 is 15.7 Å². The molecule has 0 bridgehead atoms. The average Bonchev–Trinajstić information content (AvgIpc) is 1.95. The van der Waals surface area contributed by atoms with Gasteiger partial charge in [0.25, 0.3) is 0 Å². The van der Waals surface area contributed by atoms with Crippen molar-refractivity contribution in [2.75, 3.05) is 13.1 Å². The Kier molecular flexibility index (Phi) is 2.69. The van der Waals surface area contributed by atoms with Gasteiger partial charge in [0.2, 0.25) is 5.91 Å². The quantitative estimate of drug-likeness (QED) is 0.571. The fourth-order valence-corrected chi connectivity index (χ4v) is 1.13. The van der Waals surface area contributed by atoms with E-state index >= 15 is 0 Å². The number of carbonyl (C=O) groups excluding carboxylic acids is 1. The largest absolute Gasteiger partial charge is 0.389 e. The molecular weight excluding hydrogens is 156 g/mol. The van der Waals surface area contributed by atoms with Crippen LogP contribution in [0.15, 0.2) is 0 Å². The number of β-amino-alcohol motifs (C(OH)–C–C–N with tert-alkyl or cyclic N) is 1. The molecule has 1 heterocycles. The highest BCUT2D eigenvalue weighted by Gasteiger charge is 2.32. The van der Waals surface area contributed by atoms with Gasteiger partial charge in [-0.05, 0) is 5.92 Å². The first-order chi connectivity index (χ1) is 5.52. The summed E-state index contributed by atoms with van der Waals surface area (Å²) in [5.74, 6) is 0.116. The minimum atomic E-state index is -0.419. The minimum Gasteiger partial charge on any atom is -0.389 e. The highest BCUT2D eigenvalue weighted by atomic mass is 16.3. The van der Waals surface area contributed by atoms with Crippen molar-refractivity contribution in [3.63, 3.8) is 0 Å². The molecule has 0 aromatic heterocycles. The van der Waals surface area contributed by atoms with Crippen molar-refractivity contribution in [2.45, 2.75) is 26.0 Å². The van der Waals surface area contributed by atoms with Gasteiger partial charge >= 0.3 is 0 Å². The number of carbonyl (C=O) groups is 1. The lowest BCUT2D eigenvalue weighted by molar-refractivity contribution is -0.143. The first-order valence-electron chi connectivity index (χ1n) is 4.24. The van der Waals surface area contributed by atoms with Gasteiger partial charge in [0.15, 0.2) is 0 Å². The Hall–Kier alpha value is -0.610. The predicted octanol–water partition coefficient (Wildman–Crippen LogP) is -0.827. The Morgan fingerprint density at radius 2 is 2.08 bits per heavy atom. The lowest BCUT2D eigenvalue weighted by Crippen LogP contribution is -2.58. The first kappa shape index (κ1) is 9.48. The zero-order chi connectivity index (χ0) is 9.30. The van der Waals surface area contributed by atoms with E-state index in [2.05, 4.69) is 0 Å². The molecule has 1 amide bonds. The highest BCUT2D eigenvalue weighted by molar-refractivity contribution is 5.82. The van der Waals surface area contributed by atoms with Crippen LogP contribution in [0, 0.1) is 5.92 Å². The first-order valence-corrected chi connectivity index (χ1v) is 4.24. The average molecular weight is 172 g/mol. The molecule has 1 aliphatic heterocycles. The van der Waals surface area contributed by atoms with Crippen molar-refractivity contribution in [3.05, 3.63) is 0 Å². The van der Waals surface area contributed by atoms with Crippen LogP contribution in [-0.2, 0) is 4.79 Å². The van der Waals surface area contributed by atoms with Crippen molar-refractivity contribution >= 4 is 5.91 Å². The maximum absolute atomic E-state index is 11.4. The maximum atomic E-state index is 11.4. The molecule has 12 heavy (non-hydrogen) atoms. The molecule has 1 fully saturated rings. The van der Waals surface area contributed by atoms with E-state index in [1.54, 1.807) is 4.90 Å². The monoisotopic (exact) mass is 172 g/mol. The summed E-state index contributed by atoms with van der Waals surface area (Å²) in [5.41, 5.74) is 5.64. The number of nitrogens with zero attached hydrogens (tertiary/aromatic N) is 1. The lowest BCUT2D eigenvalue weighted by atomic mass is 10.0. The number of rotatable bonds is 2. The molecule has 0 aromatic rings. The third-order valence-corrected chi connectivity index (χ3v) is 2.18. The van der Waals surface area contributed by atoms with Gasteiger partial charge in [0.05, 0.1) is 12.1 Å². The fourth-order valence-electron chi connectivity index (χ4n) is 1.13. The van der Waals surface area contributed by atoms with Crippen LogP contribution in [0.1, 0.15) is 13.8 Å². The molecule has 0 saturated carbocycles. The van der Waals surface area contributed by atoms with Gasteiger partial charge in [0, 0.05) is 13.1 Å². The summed E-state index contributed by atoms with van der Waals surface area (Å²) in [6.07, 6.45) is -0.340. The third kappa shape index (κ3) is 1.76. The third-order valence-electron chi connectivity index (χ3n) is 2.18. The van der Waals surface area contributed by atoms with Crippen molar-refractivity contribution in [3.8, 4) is 0 Å². The molecule has 4 heteroatoms. The van der Waals surface area contributed by atoms with Crippen LogP contribution in [0.2, 0.25) is 0 Å². The second-order valence-electron chi connectivity index (χ2n) is 3.67. The molecule has 70 valence electrons. The SMILES string of the molecule is CC(C)[C@@H](N)C(=O)N1CC(O)C1. The van der Waals surface area contributed by atoms with E-state index in [1.807, 2.05) is 13.8 Å². The van der Waals surface area contributed by atoms with Gasteiger partial charge in [-0.2, -0.15) is 0 Å². The minimum absolute atomic E-state index is 0.0460. The molecule has 0 radical (unpaired) electrons. The topological polar surface area (TPSA) is 66.6 Å². The predicted molar refractivity (Wildman–Crippen MR) is 45.4 cm³/mol. The second kappa shape index (κ2) is 3.41. The van der Waals surface area contributed by atoms with Crippen LogP contribution >= 0.6 is 0 Å². The smallest absolute Gasteiger partial charge is 0.239 e. The Bertz CT molecular complexity index is 176. The van der Waals surface area contributed by atoms with Gasteiger partial charge in [-0.15, -0.1) is 0 Å². The summed E-state index contributed by atoms with van der Waals surface area (Å²) in [4.78, 5) is 13.0. The molecule has 0 unspecified atom stereocenters. The van der Waals surface area contributed by atoms with Crippen molar-refractivity contribution < 1.29 is 9.90 Å². The summed E-state index contributed by atoms with van der Waals surface area (Å²) < 4.78 is 0. The lowest BCUT2D eigenvalue weighted by Gasteiger charge is -2.38. The van der Waals surface area contributed by atoms with Crippen molar-refractivity contribution in [2.24, 2.45) is 11.7 Å². The van der Waals surface area contributed by atoms with E-state index in [9.17, 15) is 4.79 Å². The van der Waals surface area contributed by atoms with Gasteiger partial charge in [-0.1, -0.05) is 13.8 Å². The summed E-state index contributed by atoms with van der Waals surface area (Å²) in [5, 5.41) is 8.95. The van der Waals surface area contributed by atoms with E-state index in [0.717, 1.165) is 0 Å².